The number of aliphatic imine (C=N–C) groups is 1. The first-order chi connectivity index (χ1) is 19.1. The fourth-order valence-electron chi connectivity index (χ4n) is 5.58. The summed E-state index contributed by atoms with van der Waals surface area (Å²) in [6, 6.07) is 27.7. The Morgan fingerprint density at radius 3 is 2.33 bits per heavy atom. The van der Waals surface area contributed by atoms with E-state index in [1.54, 1.807) is 7.11 Å². The van der Waals surface area contributed by atoms with Crippen molar-refractivity contribution in [2.24, 2.45) is 10.9 Å². The number of carbonyl (C=O) groups is 2. The molecule has 1 aliphatic heterocycles. The molecule has 3 atom stereocenters. The third-order valence-corrected chi connectivity index (χ3v) is 7.44. The Balaban J connectivity index is 1.55. The van der Waals surface area contributed by atoms with Crippen LogP contribution in [0.2, 0.25) is 0 Å². The average Bonchev–Trinajstić information content (AvgIpc) is 2.96. The van der Waals surface area contributed by atoms with Crippen LogP contribution >= 0.6 is 0 Å². The van der Waals surface area contributed by atoms with E-state index in [2.05, 4.69) is 12.1 Å². The molecule has 39 heavy (non-hydrogen) atoms. The molecule has 2 aliphatic rings. The summed E-state index contributed by atoms with van der Waals surface area (Å²) >= 11 is 0. The predicted octanol–water partition coefficient (Wildman–Crippen LogP) is 6.03. The fourth-order valence-corrected chi connectivity index (χ4v) is 5.58. The highest BCUT2D eigenvalue weighted by Gasteiger charge is 2.45. The number of ether oxygens (including phenoxy) is 3. The van der Waals surface area contributed by atoms with Crippen molar-refractivity contribution in [1.82, 2.24) is 0 Å². The van der Waals surface area contributed by atoms with E-state index in [1.807, 2.05) is 79.7 Å². The maximum absolute atomic E-state index is 13.9. The Morgan fingerprint density at radius 2 is 1.59 bits per heavy atom. The number of rotatable bonds is 9. The molecule has 0 fully saturated rings. The highest BCUT2D eigenvalue weighted by molar-refractivity contribution is 6.09. The Kier molecular flexibility index (Phi) is 8.33. The maximum atomic E-state index is 13.9. The summed E-state index contributed by atoms with van der Waals surface area (Å²) in [6.07, 6.45) is 1.00. The molecule has 6 heteroatoms. The first-order valence-electron chi connectivity index (χ1n) is 13.3. The topological polar surface area (TPSA) is 74.2 Å². The largest absolute Gasteiger partial charge is 0.489 e. The number of hydrogen-bond acceptors (Lipinski definition) is 6. The second-order valence-corrected chi connectivity index (χ2v) is 9.98. The number of carbonyl (C=O) groups excluding carboxylic acids is 2. The van der Waals surface area contributed by atoms with Crippen LogP contribution in [0.1, 0.15) is 48.3 Å². The molecule has 0 spiro atoms. The number of benzene rings is 3. The van der Waals surface area contributed by atoms with Gasteiger partial charge < -0.3 is 14.2 Å². The van der Waals surface area contributed by atoms with Crippen molar-refractivity contribution < 1.29 is 23.8 Å². The molecular weight excluding hydrogens is 490 g/mol. The molecule has 3 aromatic carbocycles. The van der Waals surface area contributed by atoms with Gasteiger partial charge in [0.05, 0.1) is 6.61 Å². The smallest absolute Gasteiger partial charge is 0.315 e. The Morgan fingerprint density at radius 1 is 0.897 bits per heavy atom. The molecule has 6 nitrogen and oxygen atoms in total. The third kappa shape index (κ3) is 5.86. The van der Waals surface area contributed by atoms with Crippen LogP contribution in [-0.4, -0.2) is 37.8 Å². The molecule has 0 N–H and O–H groups in total. The number of para-hydroxylation sites is 1. The lowest BCUT2D eigenvalue weighted by molar-refractivity contribution is -0.147. The summed E-state index contributed by atoms with van der Waals surface area (Å²) in [5, 5.41) is 0. The molecule has 5 rings (SSSR count). The van der Waals surface area contributed by atoms with Gasteiger partial charge in [-0.3, -0.25) is 14.6 Å². The van der Waals surface area contributed by atoms with Gasteiger partial charge in [-0.1, -0.05) is 78.9 Å². The average molecular weight is 524 g/mol. The van der Waals surface area contributed by atoms with Crippen molar-refractivity contribution in [1.29, 1.82) is 0 Å². The van der Waals surface area contributed by atoms with Crippen LogP contribution in [0.15, 0.2) is 101 Å². The van der Waals surface area contributed by atoms with Gasteiger partial charge >= 0.3 is 5.97 Å². The molecule has 1 unspecified atom stereocenters. The highest BCUT2D eigenvalue weighted by atomic mass is 16.6. The zero-order valence-electron chi connectivity index (χ0n) is 22.3. The van der Waals surface area contributed by atoms with Gasteiger partial charge in [-0.15, -0.1) is 0 Å². The monoisotopic (exact) mass is 523 g/mol. The molecule has 3 aromatic rings. The standard InChI is InChI=1S/C33H33NO5/c1-22-30(33(36)38-18-17-37-2)31(26-15-9-10-16-29(26)39-21-23-11-5-3-6-12-23)32-27(34-22)19-25(20-28(32)35)24-13-7-4-8-14-24/h3-16,25,30-31H,17-21H2,1-2H3/t25-,30?,31-/m1/s1. The van der Waals surface area contributed by atoms with Crippen LogP contribution in [0.25, 0.3) is 0 Å². The van der Waals surface area contributed by atoms with Gasteiger partial charge in [-0.2, -0.15) is 0 Å². The lowest BCUT2D eigenvalue weighted by atomic mass is 9.69. The molecule has 0 bridgehead atoms. The Bertz CT molecular complexity index is 1380. The second-order valence-electron chi connectivity index (χ2n) is 9.98. The molecule has 0 amide bonds. The van der Waals surface area contributed by atoms with Crippen LogP contribution < -0.4 is 4.74 Å². The van der Waals surface area contributed by atoms with Gasteiger partial charge in [0.1, 0.15) is 24.9 Å². The highest BCUT2D eigenvalue weighted by Crippen LogP contribution is 2.48. The minimum Gasteiger partial charge on any atom is -0.489 e. The minimum absolute atomic E-state index is 0.0129. The van der Waals surface area contributed by atoms with Crippen molar-refractivity contribution in [2.75, 3.05) is 20.3 Å². The van der Waals surface area contributed by atoms with E-state index < -0.39 is 17.8 Å². The number of allylic oxidation sites excluding steroid dienone is 2. The zero-order valence-corrected chi connectivity index (χ0v) is 22.3. The van der Waals surface area contributed by atoms with Crippen LogP contribution in [-0.2, 0) is 25.7 Å². The SMILES string of the molecule is COCCOC(=O)C1C(C)=NC2=C(C(=O)C[C@H](c3ccccc3)C2)[C@@H]1c1ccccc1OCc1ccccc1. The zero-order chi connectivity index (χ0) is 27.2. The van der Waals surface area contributed by atoms with E-state index in [1.165, 1.54) is 0 Å². The Labute approximate surface area is 229 Å². The van der Waals surface area contributed by atoms with E-state index in [0.29, 0.717) is 43.1 Å². The van der Waals surface area contributed by atoms with Crippen LogP contribution in [0.3, 0.4) is 0 Å². The number of hydrogen-bond donors (Lipinski definition) is 0. The van der Waals surface area contributed by atoms with Crippen LogP contribution in [0, 0.1) is 5.92 Å². The third-order valence-electron chi connectivity index (χ3n) is 7.44. The predicted molar refractivity (Wildman–Crippen MR) is 150 cm³/mol. The van der Waals surface area contributed by atoms with Crippen molar-refractivity contribution in [3.63, 3.8) is 0 Å². The van der Waals surface area contributed by atoms with Crippen molar-refractivity contribution in [2.45, 2.75) is 38.2 Å². The lowest BCUT2D eigenvalue weighted by Crippen LogP contribution is -2.38. The van der Waals surface area contributed by atoms with Crippen molar-refractivity contribution in [3.8, 4) is 5.75 Å². The first kappa shape index (κ1) is 26.6. The van der Waals surface area contributed by atoms with Gasteiger partial charge in [-0.05, 0) is 36.5 Å². The summed E-state index contributed by atoms with van der Waals surface area (Å²) < 4.78 is 17.0. The summed E-state index contributed by atoms with van der Waals surface area (Å²) in [5.41, 5.74) is 4.92. The Hall–Kier alpha value is -4.03. The summed E-state index contributed by atoms with van der Waals surface area (Å²) in [6.45, 7) is 2.65. The maximum Gasteiger partial charge on any atom is 0.315 e. The number of methoxy groups -OCH3 is 1. The van der Waals surface area contributed by atoms with Gasteiger partial charge in [-0.25, -0.2) is 0 Å². The molecule has 0 saturated heterocycles. The fraction of sp³-hybridized carbons (Fsp3) is 0.303. The van der Waals surface area contributed by atoms with Gasteiger partial charge in [0.2, 0.25) is 0 Å². The number of ketones is 1. The first-order valence-corrected chi connectivity index (χ1v) is 13.3. The molecule has 1 aliphatic carbocycles. The molecule has 1 heterocycles. The summed E-state index contributed by atoms with van der Waals surface area (Å²) in [7, 11) is 1.56. The van der Waals surface area contributed by atoms with E-state index in [0.717, 1.165) is 22.4 Å². The van der Waals surface area contributed by atoms with Crippen LogP contribution in [0.5, 0.6) is 5.75 Å². The number of esters is 1. The van der Waals surface area contributed by atoms with E-state index >= 15 is 0 Å². The second kappa shape index (κ2) is 12.2. The quantitative estimate of drug-likeness (QED) is 0.253. The van der Waals surface area contributed by atoms with Gasteiger partial charge in [0, 0.05) is 42.0 Å². The molecular formula is C33H33NO5. The van der Waals surface area contributed by atoms with Gasteiger partial charge in [0.15, 0.2) is 5.78 Å². The van der Waals surface area contributed by atoms with Gasteiger partial charge in [0.25, 0.3) is 0 Å². The summed E-state index contributed by atoms with van der Waals surface area (Å²) in [5.74, 6) is -1.01. The molecule has 200 valence electrons. The van der Waals surface area contributed by atoms with Crippen LogP contribution in [0.4, 0.5) is 0 Å². The van der Waals surface area contributed by atoms with Crippen molar-refractivity contribution >= 4 is 17.5 Å². The normalized spacial score (nSPS) is 20.7. The molecule has 0 aromatic heterocycles. The molecule has 0 radical (unpaired) electrons. The van der Waals surface area contributed by atoms with E-state index in [4.69, 9.17) is 19.2 Å². The lowest BCUT2D eigenvalue weighted by Gasteiger charge is -2.37. The van der Waals surface area contributed by atoms with E-state index in [9.17, 15) is 9.59 Å². The van der Waals surface area contributed by atoms with Crippen molar-refractivity contribution in [3.05, 3.63) is 113 Å². The molecule has 0 saturated carbocycles. The number of nitrogens with zero attached hydrogens (tertiary/aromatic N) is 1. The van der Waals surface area contributed by atoms with E-state index in [-0.39, 0.29) is 18.3 Å². The number of Topliss-reactive ketones (excluding diaryl/α,β-unsaturated/α-hetero) is 1. The summed E-state index contributed by atoms with van der Waals surface area (Å²) in [4.78, 5) is 32.2. The minimum atomic E-state index is -0.737.